The molecule has 0 saturated carbocycles. The van der Waals surface area contributed by atoms with Crippen molar-refractivity contribution < 1.29 is 13.9 Å². The zero-order valence-corrected chi connectivity index (χ0v) is 21.7. The maximum atomic E-state index is 13.9. The zero-order valence-electron chi connectivity index (χ0n) is 21.0. The number of carbonyl (C=O) groups excluding carboxylic acids is 1. The lowest BCUT2D eigenvalue weighted by Gasteiger charge is -2.28. The maximum absolute atomic E-state index is 13.9. The average Bonchev–Trinajstić information content (AvgIpc) is 3.59. The molecule has 0 radical (unpaired) electrons. The molecule has 0 aliphatic carbocycles. The first-order valence-electron chi connectivity index (χ1n) is 12.7. The van der Waals surface area contributed by atoms with Crippen LogP contribution in [-0.4, -0.2) is 47.1 Å². The Hall–Kier alpha value is -3.74. The van der Waals surface area contributed by atoms with Crippen molar-refractivity contribution in [3.8, 4) is 22.4 Å². The zero-order chi connectivity index (χ0) is 26.2. The second-order valence-corrected chi connectivity index (χ2v) is 10.3. The van der Waals surface area contributed by atoms with E-state index in [1.54, 1.807) is 24.5 Å². The molecule has 0 unspecified atom stereocenters. The molecule has 4 heterocycles. The molecule has 1 saturated heterocycles. The van der Waals surface area contributed by atoms with Crippen LogP contribution in [0.15, 0.2) is 79.3 Å². The van der Waals surface area contributed by atoms with E-state index in [0.717, 1.165) is 53.9 Å². The molecule has 2 aliphatic rings. The molecule has 1 N–H and O–H groups in total. The minimum absolute atomic E-state index is 0.100. The molecule has 0 bridgehead atoms. The lowest BCUT2D eigenvalue weighted by atomic mass is 9.90. The molecule has 0 spiro atoms. The molecule has 7 heteroatoms. The quantitative estimate of drug-likeness (QED) is 0.285. The highest BCUT2D eigenvalue weighted by Crippen LogP contribution is 2.43. The van der Waals surface area contributed by atoms with Gasteiger partial charge in [0.05, 0.1) is 23.4 Å². The smallest absolute Gasteiger partial charge is 0.337 e. The fourth-order valence-corrected chi connectivity index (χ4v) is 5.97. The normalized spacial score (nSPS) is 19.2. The predicted octanol–water partition coefficient (Wildman–Crippen LogP) is 6.97. The number of fused-ring (bicyclic) bond motifs is 1. The predicted molar refractivity (Wildman–Crippen MR) is 148 cm³/mol. The van der Waals surface area contributed by atoms with Gasteiger partial charge in [-0.2, -0.15) is 0 Å². The van der Waals surface area contributed by atoms with Crippen LogP contribution >= 0.6 is 11.6 Å². The first-order chi connectivity index (χ1) is 18.5. The van der Waals surface area contributed by atoms with E-state index < -0.39 is 5.82 Å². The Morgan fingerprint density at radius 3 is 2.63 bits per heavy atom. The number of rotatable bonds is 5. The largest absolute Gasteiger partial charge is 0.465 e. The summed E-state index contributed by atoms with van der Waals surface area (Å²) in [5, 5.41) is 0.100. The summed E-state index contributed by atoms with van der Waals surface area (Å²) in [6.07, 6.45) is 10.00. The number of aromatic nitrogens is 2. The third-order valence-corrected chi connectivity index (χ3v) is 8.01. The number of nitrogens with one attached hydrogen (secondary N) is 1. The highest BCUT2D eigenvalue weighted by molar-refractivity contribution is 6.31. The van der Waals surface area contributed by atoms with E-state index in [2.05, 4.69) is 27.1 Å². The number of nitrogens with zero attached hydrogens (tertiary/aromatic N) is 2. The standard InChI is InChI=1S/C31H27ClFN3O2/c1-38-31(37)21-4-2-19(3-5-21)24-15-25-14-22(10-13-36(25)18-24)26-17-35-30(23-6-7-28(33)27(32)16-23)29(26)20-8-11-34-12-9-20/h2-9,11-12,14,16-17,24-25,35H,10,13,15,18H2,1H3/t24-,25-/m1/s1. The highest BCUT2D eigenvalue weighted by atomic mass is 35.5. The van der Waals surface area contributed by atoms with Gasteiger partial charge >= 0.3 is 5.97 Å². The van der Waals surface area contributed by atoms with E-state index in [1.165, 1.54) is 24.3 Å². The Morgan fingerprint density at radius 2 is 1.89 bits per heavy atom. The van der Waals surface area contributed by atoms with Crippen molar-refractivity contribution in [3.05, 3.63) is 107 Å². The van der Waals surface area contributed by atoms with Crippen molar-refractivity contribution in [1.82, 2.24) is 14.9 Å². The molecule has 38 heavy (non-hydrogen) atoms. The lowest BCUT2D eigenvalue weighted by Crippen LogP contribution is -2.32. The number of hydrogen-bond donors (Lipinski definition) is 1. The third kappa shape index (κ3) is 4.55. The van der Waals surface area contributed by atoms with E-state index in [4.69, 9.17) is 16.3 Å². The molecule has 2 aromatic carbocycles. The molecule has 2 atom stereocenters. The summed E-state index contributed by atoms with van der Waals surface area (Å²) >= 11 is 6.14. The molecule has 5 nitrogen and oxygen atoms in total. The topological polar surface area (TPSA) is 58.2 Å². The SMILES string of the molecule is COC(=O)c1ccc([C@@H]2C[C@H]3C=C(c4c[nH]c(-c5ccc(F)c(Cl)c5)c4-c4ccncc4)CCN3C2)cc1. The van der Waals surface area contributed by atoms with Crippen LogP contribution in [0.25, 0.3) is 28.0 Å². The monoisotopic (exact) mass is 527 g/mol. The van der Waals surface area contributed by atoms with Crippen LogP contribution in [0, 0.1) is 5.82 Å². The molecule has 4 aromatic rings. The number of H-pyrrole nitrogens is 1. The summed E-state index contributed by atoms with van der Waals surface area (Å²) < 4.78 is 18.7. The Balaban J connectivity index is 1.32. The maximum Gasteiger partial charge on any atom is 0.337 e. The van der Waals surface area contributed by atoms with Crippen LogP contribution in [0.2, 0.25) is 5.02 Å². The minimum Gasteiger partial charge on any atom is -0.465 e. The number of benzene rings is 2. The van der Waals surface area contributed by atoms with Crippen molar-refractivity contribution in [2.24, 2.45) is 0 Å². The van der Waals surface area contributed by atoms with Crippen LogP contribution in [0.5, 0.6) is 0 Å². The van der Waals surface area contributed by atoms with Gasteiger partial charge in [-0.3, -0.25) is 9.88 Å². The van der Waals surface area contributed by atoms with Gasteiger partial charge in [-0.15, -0.1) is 0 Å². The minimum atomic E-state index is -0.432. The van der Waals surface area contributed by atoms with Crippen LogP contribution in [0.3, 0.4) is 0 Å². The number of esters is 1. The van der Waals surface area contributed by atoms with E-state index >= 15 is 0 Å². The number of hydrogen-bond acceptors (Lipinski definition) is 4. The van der Waals surface area contributed by atoms with Crippen molar-refractivity contribution in [2.75, 3.05) is 20.2 Å². The highest BCUT2D eigenvalue weighted by Gasteiger charge is 2.35. The molecular weight excluding hydrogens is 501 g/mol. The van der Waals surface area contributed by atoms with Gasteiger partial charge in [0.2, 0.25) is 0 Å². The Bertz CT molecular complexity index is 1510. The van der Waals surface area contributed by atoms with Gasteiger partial charge < -0.3 is 9.72 Å². The summed E-state index contributed by atoms with van der Waals surface area (Å²) in [6.45, 7) is 1.97. The number of halogens is 2. The average molecular weight is 528 g/mol. The molecule has 2 aromatic heterocycles. The number of carbonyl (C=O) groups is 1. The molecular formula is C31H27ClFN3O2. The van der Waals surface area contributed by atoms with Gasteiger partial charge in [0, 0.05) is 54.4 Å². The summed E-state index contributed by atoms with van der Waals surface area (Å²) in [5.41, 5.74) is 8.13. The van der Waals surface area contributed by atoms with E-state index in [-0.39, 0.29) is 11.0 Å². The number of pyridine rings is 1. The van der Waals surface area contributed by atoms with Gasteiger partial charge in [0.15, 0.2) is 0 Å². The van der Waals surface area contributed by atoms with Gasteiger partial charge in [0.25, 0.3) is 0 Å². The first kappa shape index (κ1) is 24.6. The summed E-state index contributed by atoms with van der Waals surface area (Å²) in [4.78, 5) is 22.0. The molecule has 0 amide bonds. The molecule has 1 fully saturated rings. The van der Waals surface area contributed by atoms with Crippen LogP contribution in [-0.2, 0) is 4.74 Å². The summed E-state index contributed by atoms with van der Waals surface area (Å²) in [5.74, 6) is -0.338. The van der Waals surface area contributed by atoms with Gasteiger partial charge in [-0.05, 0) is 77.9 Å². The van der Waals surface area contributed by atoms with Crippen molar-refractivity contribution in [3.63, 3.8) is 0 Å². The fraction of sp³-hybridized carbons (Fsp3) is 0.226. The number of methoxy groups -OCH3 is 1. The van der Waals surface area contributed by atoms with Crippen molar-refractivity contribution >= 4 is 23.1 Å². The fourth-order valence-electron chi connectivity index (χ4n) is 5.79. The first-order valence-corrected chi connectivity index (χ1v) is 13.1. The Morgan fingerprint density at radius 1 is 1.11 bits per heavy atom. The molecule has 6 rings (SSSR count). The molecule has 192 valence electrons. The Kier molecular flexibility index (Phi) is 6.60. The van der Waals surface area contributed by atoms with Crippen molar-refractivity contribution in [2.45, 2.75) is 24.8 Å². The van der Waals surface area contributed by atoms with Crippen LogP contribution in [0.1, 0.15) is 40.2 Å². The van der Waals surface area contributed by atoms with E-state index in [1.807, 2.05) is 36.4 Å². The van der Waals surface area contributed by atoms with Crippen LogP contribution in [0.4, 0.5) is 4.39 Å². The van der Waals surface area contributed by atoms with Crippen molar-refractivity contribution in [1.29, 1.82) is 0 Å². The molecule has 2 aliphatic heterocycles. The summed E-state index contributed by atoms with van der Waals surface area (Å²) in [7, 11) is 1.40. The van der Waals surface area contributed by atoms with E-state index in [9.17, 15) is 9.18 Å². The van der Waals surface area contributed by atoms with Gasteiger partial charge in [0.1, 0.15) is 5.82 Å². The second kappa shape index (κ2) is 10.2. The second-order valence-electron chi connectivity index (χ2n) is 9.87. The number of ether oxygens (including phenoxy) is 1. The Labute approximate surface area is 225 Å². The number of aromatic amines is 1. The summed E-state index contributed by atoms with van der Waals surface area (Å²) in [6, 6.07) is 17.0. The van der Waals surface area contributed by atoms with Crippen LogP contribution < -0.4 is 0 Å². The van der Waals surface area contributed by atoms with Gasteiger partial charge in [-0.1, -0.05) is 29.8 Å². The van der Waals surface area contributed by atoms with E-state index in [0.29, 0.717) is 17.5 Å². The lowest BCUT2D eigenvalue weighted by molar-refractivity contribution is 0.0600. The van der Waals surface area contributed by atoms with Gasteiger partial charge in [-0.25, -0.2) is 9.18 Å². The third-order valence-electron chi connectivity index (χ3n) is 7.72.